The highest BCUT2D eigenvalue weighted by molar-refractivity contribution is 5.17. The first kappa shape index (κ1) is 14.5. The summed E-state index contributed by atoms with van der Waals surface area (Å²) in [5.74, 6) is 4.30. The maximum Gasteiger partial charge on any atom is 0.0467 e. The van der Waals surface area contributed by atoms with Gasteiger partial charge in [-0.05, 0) is 84.4 Å². The molecule has 21 heavy (non-hydrogen) atoms. The normalized spacial score (nSPS) is 57.9. The Morgan fingerprint density at radius 1 is 0.905 bits per heavy atom. The molecule has 0 aliphatic heterocycles. The van der Waals surface area contributed by atoms with E-state index >= 15 is 0 Å². The van der Waals surface area contributed by atoms with Crippen LogP contribution in [0, 0.1) is 45.8 Å². The Hall–Kier alpha value is -0.0400. The van der Waals surface area contributed by atoms with E-state index in [0.29, 0.717) is 28.8 Å². The van der Waals surface area contributed by atoms with Crippen LogP contribution in [-0.4, -0.2) is 11.7 Å². The Morgan fingerprint density at radius 3 is 2.38 bits per heavy atom. The third kappa shape index (κ3) is 1.73. The number of fused-ring (bicyclic) bond motifs is 5. The summed E-state index contributed by atoms with van der Waals surface area (Å²) in [6, 6.07) is 0. The summed E-state index contributed by atoms with van der Waals surface area (Å²) in [6.45, 7) is 10.6. The third-order valence-corrected chi connectivity index (χ3v) is 9.01. The number of aliphatic hydroxyl groups is 1. The molecule has 1 heteroatoms. The maximum atomic E-state index is 9.77. The molecule has 7 atom stereocenters. The summed E-state index contributed by atoms with van der Waals surface area (Å²) < 4.78 is 0. The zero-order valence-corrected chi connectivity index (χ0v) is 14.5. The van der Waals surface area contributed by atoms with Gasteiger partial charge in [0.2, 0.25) is 0 Å². The lowest BCUT2D eigenvalue weighted by Gasteiger charge is -2.61. The van der Waals surface area contributed by atoms with Gasteiger partial charge in [0.1, 0.15) is 0 Å². The summed E-state index contributed by atoms with van der Waals surface area (Å²) in [4.78, 5) is 0. The summed E-state index contributed by atoms with van der Waals surface area (Å²) in [7, 11) is 0. The van der Waals surface area contributed by atoms with Gasteiger partial charge in [0.15, 0.2) is 0 Å². The molecular weight excluding hydrogens is 256 g/mol. The molecule has 4 aliphatic rings. The lowest BCUT2D eigenvalue weighted by Crippen LogP contribution is -2.53. The van der Waals surface area contributed by atoms with E-state index < -0.39 is 0 Å². The van der Waals surface area contributed by atoms with E-state index in [-0.39, 0.29) is 0 Å². The van der Waals surface area contributed by atoms with E-state index in [9.17, 15) is 5.11 Å². The predicted octanol–water partition coefficient (Wildman–Crippen LogP) is 4.88. The first-order valence-corrected chi connectivity index (χ1v) is 9.45. The molecule has 0 aromatic carbocycles. The monoisotopic (exact) mass is 290 g/mol. The van der Waals surface area contributed by atoms with Crippen molar-refractivity contribution in [3.05, 3.63) is 0 Å². The lowest BCUT2D eigenvalue weighted by atomic mass is 9.44. The van der Waals surface area contributed by atoms with Crippen LogP contribution in [0.3, 0.4) is 0 Å². The average Bonchev–Trinajstić information content (AvgIpc) is 3.02. The molecule has 4 rings (SSSR count). The van der Waals surface area contributed by atoms with Gasteiger partial charge in [-0.15, -0.1) is 0 Å². The topological polar surface area (TPSA) is 20.2 Å². The molecule has 0 aromatic rings. The Bertz CT molecular complexity index is 441. The fourth-order valence-corrected chi connectivity index (χ4v) is 7.98. The molecule has 0 heterocycles. The average molecular weight is 290 g/mol. The lowest BCUT2D eigenvalue weighted by molar-refractivity contribution is -0.116. The van der Waals surface area contributed by atoms with Crippen LogP contribution in [0.25, 0.3) is 0 Å². The van der Waals surface area contributed by atoms with Gasteiger partial charge in [0.05, 0.1) is 0 Å². The largest absolute Gasteiger partial charge is 0.396 e. The van der Waals surface area contributed by atoms with Crippen molar-refractivity contribution in [2.24, 2.45) is 45.8 Å². The molecular formula is C20H34O. The minimum atomic E-state index is 0.440. The van der Waals surface area contributed by atoms with Gasteiger partial charge in [-0.3, -0.25) is 0 Å². The van der Waals surface area contributed by atoms with E-state index in [1.807, 2.05) is 0 Å². The smallest absolute Gasteiger partial charge is 0.0467 e. The molecule has 4 fully saturated rings. The Kier molecular flexibility index (Phi) is 2.96. The predicted molar refractivity (Wildman–Crippen MR) is 86.8 cm³/mol. The van der Waals surface area contributed by atoms with Crippen LogP contribution >= 0.6 is 0 Å². The highest BCUT2D eigenvalue weighted by Crippen LogP contribution is 2.75. The fourth-order valence-electron chi connectivity index (χ4n) is 7.98. The van der Waals surface area contributed by atoms with Crippen LogP contribution in [0.5, 0.6) is 0 Å². The molecule has 4 saturated carbocycles. The molecule has 120 valence electrons. The Labute approximate surface area is 130 Å². The van der Waals surface area contributed by atoms with E-state index in [0.717, 1.165) is 23.7 Å². The molecule has 0 amide bonds. The van der Waals surface area contributed by atoms with Gasteiger partial charge in [0, 0.05) is 6.61 Å². The number of rotatable bonds is 1. The SMILES string of the molecule is CC1(C)CCC[C@]2(C)[C@H]3CC[C@]4(C)C([C@H]4CO)[C@@H]3CC[C@@H]12. The second-order valence-electron chi connectivity index (χ2n) is 10.1. The van der Waals surface area contributed by atoms with E-state index in [2.05, 4.69) is 27.7 Å². The molecule has 0 saturated heterocycles. The zero-order chi connectivity index (χ0) is 15.0. The van der Waals surface area contributed by atoms with Crippen molar-refractivity contribution in [3.8, 4) is 0 Å². The van der Waals surface area contributed by atoms with Crippen LogP contribution in [-0.2, 0) is 0 Å². The quantitative estimate of drug-likeness (QED) is 0.729. The van der Waals surface area contributed by atoms with Crippen molar-refractivity contribution in [2.75, 3.05) is 6.61 Å². The first-order valence-electron chi connectivity index (χ1n) is 9.45. The van der Waals surface area contributed by atoms with E-state index in [1.54, 1.807) is 0 Å². The fraction of sp³-hybridized carbons (Fsp3) is 1.00. The first-order chi connectivity index (χ1) is 9.84. The molecule has 1 nitrogen and oxygen atoms in total. The summed E-state index contributed by atoms with van der Waals surface area (Å²) in [5, 5.41) is 9.77. The summed E-state index contributed by atoms with van der Waals surface area (Å²) in [5.41, 5.74) is 1.65. The van der Waals surface area contributed by atoms with E-state index in [1.165, 1.54) is 44.9 Å². The number of hydrogen-bond donors (Lipinski definition) is 1. The Balaban J connectivity index is 1.65. The number of aliphatic hydroxyl groups excluding tert-OH is 1. The van der Waals surface area contributed by atoms with Crippen LogP contribution in [0.2, 0.25) is 0 Å². The molecule has 0 radical (unpaired) electrons. The van der Waals surface area contributed by atoms with Crippen molar-refractivity contribution in [1.29, 1.82) is 0 Å². The van der Waals surface area contributed by atoms with Crippen LogP contribution in [0.15, 0.2) is 0 Å². The standard InChI is InChI=1S/C20H34O/c1-18(2)9-5-10-19(3)14-8-11-20(4)15(12-21)17(20)13(14)6-7-16(18)19/h13-17,21H,5-12H2,1-4H3/t13-,14+,15-,16+,17?,19-,20+/m1/s1. The third-order valence-electron chi connectivity index (χ3n) is 9.01. The van der Waals surface area contributed by atoms with Crippen LogP contribution in [0.1, 0.15) is 72.6 Å². The van der Waals surface area contributed by atoms with Crippen LogP contribution < -0.4 is 0 Å². The molecule has 1 unspecified atom stereocenters. The second kappa shape index (κ2) is 4.28. The van der Waals surface area contributed by atoms with Crippen molar-refractivity contribution in [2.45, 2.75) is 72.6 Å². The number of hydrogen-bond acceptors (Lipinski definition) is 1. The van der Waals surface area contributed by atoms with Crippen molar-refractivity contribution >= 4 is 0 Å². The molecule has 0 aromatic heterocycles. The molecule has 4 aliphatic carbocycles. The van der Waals surface area contributed by atoms with Gasteiger partial charge in [0.25, 0.3) is 0 Å². The van der Waals surface area contributed by atoms with Crippen molar-refractivity contribution in [3.63, 3.8) is 0 Å². The maximum absolute atomic E-state index is 9.77. The van der Waals surface area contributed by atoms with Crippen molar-refractivity contribution < 1.29 is 5.11 Å². The summed E-state index contributed by atoms with van der Waals surface area (Å²) in [6.07, 6.45) is 10.1. The minimum absolute atomic E-state index is 0.440. The van der Waals surface area contributed by atoms with Gasteiger partial charge in [-0.2, -0.15) is 0 Å². The highest BCUT2D eigenvalue weighted by Gasteiger charge is 2.69. The van der Waals surface area contributed by atoms with Gasteiger partial charge in [-0.25, -0.2) is 0 Å². The second-order valence-corrected chi connectivity index (χ2v) is 10.1. The zero-order valence-electron chi connectivity index (χ0n) is 14.5. The molecule has 1 N–H and O–H groups in total. The minimum Gasteiger partial charge on any atom is -0.396 e. The van der Waals surface area contributed by atoms with E-state index in [4.69, 9.17) is 0 Å². The molecule has 0 spiro atoms. The highest BCUT2D eigenvalue weighted by atomic mass is 16.3. The summed E-state index contributed by atoms with van der Waals surface area (Å²) >= 11 is 0. The van der Waals surface area contributed by atoms with Crippen molar-refractivity contribution in [1.82, 2.24) is 0 Å². The van der Waals surface area contributed by atoms with Gasteiger partial charge in [-0.1, -0.05) is 34.1 Å². The van der Waals surface area contributed by atoms with Gasteiger partial charge >= 0.3 is 0 Å². The van der Waals surface area contributed by atoms with Gasteiger partial charge < -0.3 is 5.11 Å². The van der Waals surface area contributed by atoms with Crippen LogP contribution in [0.4, 0.5) is 0 Å². The Morgan fingerprint density at radius 2 is 1.67 bits per heavy atom. The molecule has 0 bridgehead atoms.